The van der Waals surface area contributed by atoms with Crippen LogP contribution >= 0.6 is 0 Å². The van der Waals surface area contributed by atoms with Crippen LogP contribution < -0.4 is 0 Å². The van der Waals surface area contributed by atoms with Gasteiger partial charge in [0, 0.05) is 13.3 Å². The van der Waals surface area contributed by atoms with Crippen molar-refractivity contribution in [1.29, 1.82) is 0 Å². The summed E-state index contributed by atoms with van der Waals surface area (Å²) in [5, 5.41) is 10.7. The minimum Gasteiger partial charge on any atom is -0.466 e. The third-order valence-corrected chi connectivity index (χ3v) is 2.29. The summed E-state index contributed by atoms with van der Waals surface area (Å²) >= 11 is 0. The van der Waals surface area contributed by atoms with Gasteiger partial charge in [0.05, 0.1) is 13.2 Å². The average molecular weight is 241 g/mol. The van der Waals surface area contributed by atoms with Crippen molar-refractivity contribution >= 4 is 11.8 Å². The van der Waals surface area contributed by atoms with Gasteiger partial charge in [-0.2, -0.15) is 0 Å². The summed E-state index contributed by atoms with van der Waals surface area (Å²) in [7, 11) is 0. The highest BCUT2D eigenvalue weighted by Gasteiger charge is 2.17. The lowest BCUT2D eigenvalue weighted by Gasteiger charge is -2.03. The zero-order valence-electron chi connectivity index (χ0n) is 9.88. The number of esters is 1. The lowest BCUT2D eigenvalue weighted by molar-refractivity contribution is -0.392. The number of imidazole rings is 1. The number of rotatable bonds is 6. The Labute approximate surface area is 98.6 Å². The van der Waals surface area contributed by atoms with E-state index in [4.69, 9.17) is 4.74 Å². The van der Waals surface area contributed by atoms with Gasteiger partial charge in [0.2, 0.25) is 0 Å². The molecule has 0 aromatic carbocycles. The van der Waals surface area contributed by atoms with Gasteiger partial charge in [0.15, 0.2) is 5.82 Å². The van der Waals surface area contributed by atoms with Crippen molar-refractivity contribution in [3.63, 3.8) is 0 Å². The lowest BCUT2D eigenvalue weighted by atomic mass is 10.3. The Kier molecular flexibility index (Phi) is 4.62. The summed E-state index contributed by atoms with van der Waals surface area (Å²) in [4.78, 5) is 25.2. The van der Waals surface area contributed by atoms with Gasteiger partial charge < -0.3 is 14.9 Å². The quantitative estimate of drug-likeness (QED) is 0.427. The highest BCUT2D eigenvalue weighted by molar-refractivity contribution is 5.69. The van der Waals surface area contributed by atoms with Crippen LogP contribution in [0.5, 0.6) is 0 Å². The fraction of sp³-hybridized carbons (Fsp3) is 0.600. The van der Waals surface area contributed by atoms with E-state index in [-0.39, 0.29) is 18.2 Å². The van der Waals surface area contributed by atoms with E-state index in [1.807, 2.05) is 0 Å². The van der Waals surface area contributed by atoms with Crippen LogP contribution in [0.4, 0.5) is 5.82 Å². The van der Waals surface area contributed by atoms with E-state index >= 15 is 0 Å². The average Bonchev–Trinajstić information content (AvgIpc) is 2.61. The molecule has 7 heteroatoms. The molecule has 0 fully saturated rings. The minimum absolute atomic E-state index is 0.0497. The second kappa shape index (κ2) is 5.97. The van der Waals surface area contributed by atoms with Crippen LogP contribution in [-0.2, 0) is 16.1 Å². The van der Waals surface area contributed by atoms with Gasteiger partial charge >= 0.3 is 11.8 Å². The van der Waals surface area contributed by atoms with Crippen LogP contribution in [0.1, 0.15) is 25.6 Å². The molecule has 0 atom stereocenters. The number of aromatic nitrogens is 2. The Morgan fingerprint density at radius 1 is 1.65 bits per heavy atom. The summed E-state index contributed by atoms with van der Waals surface area (Å²) < 4.78 is 6.26. The van der Waals surface area contributed by atoms with Crippen LogP contribution in [0.15, 0.2) is 6.20 Å². The minimum atomic E-state index is -0.482. The van der Waals surface area contributed by atoms with Crippen molar-refractivity contribution in [3.05, 3.63) is 22.1 Å². The van der Waals surface area contributed by atoms with Gasteiger partial charge in [-0.1, -0.05) is 0 Å². The van der Waals surface area contributed by atoms with Crippen LogP contribution in [-0.4, -0.2) is 27.1 Å². The van der Waals surface area contributed by atoms with Crippen molar-refractivity contribution in [2.24, 2.45) is 0 Å². The Morgan fingerprint density at radius 3 is 2.94 bits per heavy atom. The first-order chi connectivity index (χ1) is 8.06. The second-order valence-corrected chi connectivity index (χ2v) is 3.48. The molecule has 1 rings (SSSR count). The van der Waals surface area contributed by atoms with E-state index in [9.17, 15) is 14.9 Å². The van der Waals surface area contributed by atoms with E-state index < -0.39 is 4.92 Å². The maximum Gasteiger partial charge on any atom is 0.342 e. The van der Waals surface area contributed by atoms with Crippen LogP contribution in [0.2, 0.25) is 0 Å². The number of aryl methyl sites for hydroxylation is 1. The number of ether oxygens (including phenoxy) is 1. The monoisotopic (exact) mass is 241 g/mol. The maximum absolute atomic E-state index is 11.1. The summed E-state index contributed by atoms with van der Waals surface area (Å²) in [6.45, 7) is 4.17. The summed E-state index contributed by atoms with van der Waals surface area (Å²) in [6.07, 6.45) is 1.97. The lowest BCUT2D eigenvalue weighted by Crippen LogP contribution is -2.09. The smallest absolute Gasteiger partial charge is 0.342 e. The van der Waals surface area contributed by atoms with Crippen molar-refractivity contribution in [2.75, 3.05) is 6.61 Å². The first-order valence-corrected chi connectivity index (χ1v) is 5.38. The van der Waals surface area contributed by atoms with Gasteiger partial charge in [-0.25, -0.2) is 9.55 Å². The van der Waals surface area contributed by atoms with E-state index in [1.165, 1.54) is 10.8 Å². The fourth-order valence-corrected chi connectivity index (χ4v) is 1.49. The third kappa shape index (κ3) is 3.54. The maximum atomic E-state index is 11.1. The van der Waals surface area contributed by atoms with Crippen molar-refractivity contribution in [3.8, 4) is 0 Å². The zero-order chi connectivity index (χ0) is 12.8. The molecular formula is C10H15N3O4. The van der Waals surface area contributed by atoms with Crippen LogP contribution in [0.25, 0.3) is 0 Å². The number of hydrogen-bond donors (Lipinski definition) is 0. The van der Waals surface area contributed by atoms with E-state index in [0.717, 1.165) is 0 Å². The molecule has 0 aliphatic heterocycles. The standard InChI is InChI=1S/C10H15N3O4/c1-3-17-10(14)5-4-6-12-8(2)11-7-9(12)13(15)16/h7H,3-6H2,1-2H3. The van der Waals surface area contributed by atoms with E-state index in [1.54, 1.807) is 13.8 Å². The molecule has 0 saturated heterocycles. The molecule has 0 aliphatic rings. The number of nitrogens with zero attached hydrogens (tertiary/aromatic N) is 3. The highest BCUT2D eigenvalue weighted by Crippen LogP contribution is 2.14. The largest absolute Gasteiger partial charge is 0.466 e. The first-order valence-electron chi connectivity index (χ1n) is 5.38. The zero-order valence-corrected chi connectivity index (χ0v) is 9.88. The Hall–Kier alpha value is -1.92. The topological polar surface area (TPSA) is 87.3 Å². The number of hydrogen-bond acceptors (Lipinski definition) is 5. The molecule has 0 unspecified atom stereocenters. The molecule has 0 N–H and O–H groups in total. The van der Waals surface area contributed by atoms with Gasteiger partial charge in [-0.3, -0.25) is 4.79 Å². The van der Waals surface area contributed by atoms with Crippen molar-refractivity contribution < 1.29 is 14.5 Å². The van der Waals surface area contributed by atoms with Crippen molar-refractivity contribution in [1.82, 2.24) is 9.55 Å². The van der Waals surface area contributed by atoms with Crippen LogP contribution in [0, 0.1) is 17.0 Å². The van der Waals surface area contributed by atoms with Crippen LogP contribution in [0.3, 0.4) is 0 Å². The normalized spacial score (nSPS) is 10.2. The highest BCUT2D eigenvalue weighted by atomic mass is 16.6. The molecule has 0 spiro atoms. The molecule has 0 aliphatic carbocycles. The molecule has 0 radical (unpaired) electrons. The molecule has 1 aromatic rings. The first kappa shape index (κ1) is 13.1. The Balaban J connectivity index is 2.54. The SMILES string of the molecule is CCOC(=O)CCCn1c([N+](=O)[O-])cnc1C. The second-order valence-electron chi connectivity index (χ2n) is 3.48. The predicted octanol–water partition coefficient (Wildman–Crippen LogP) is 1.44. The molecule has 7 nitrogen and oxygen atoms in total. The summed E-state index contributed by atoms with van der Waals surface area (Å²) in [5.41, 5.74) is 0. The Morgan fingerprint density at radius 2 is 2.35 bits per heavy atom. The molecule has 0 saturated carbocycles. The number of carbonyl (C=O) groups is 1. The molecule has 94 valence electrons. The predicted molar refractivity (Wildman–Crippen MR) is 59.5 cm³/mol. The van der Waals surface area contributed by atoms with Gasteiger partial charge in [0.25, 0.3) is 0 Å². The van der Waals surface area contributed by atoms with E-state index in [2.05, 4.69) is 4.98 Å². The number of carbonyl (C=O) groups excluding carboxylic acids is 1. The third-order valence-electron chi connectivity index (χ3n) is 2.29. The molecule has 1 heterocycles. The molecule has 0 bridgehead atoms. The fourth-order valence-electron chi connectivity index (χ4n) is 1.49. The molecule has 1 aromatic heterocycles. The van der Waals surface area contributed by atoms with Gasteiger partial charge in [-0.15, -0.1) is 0 Å². The van der Waals surface area contributed by atoms with Gasteiger partial charge in [0.1, 0.15) is 6.20 Å². The molecule has 17 heavy (non-hydrogen) atoms. The summed E-state index contributed by atoms with van der Waals surface area (Å²) in [6, 6.07) is 0. The molecule has 0 amide bonds. The van der Waals surface area contributed by atoms with Gasteiger partial charge in [-0.05, 0) is 18.3 Å². The molecular weight excluding hydrogens is 226 g/mol. The van der Waals surface area contributed by atoms with Crippen molar-refractivity contribution in [2.45, 2.75) is 33.2 Å². The Bertz CT molecular complexity index is 414. The van der Waals surface area contributed by atoms with E-state index in [0.29, 0.717) is 25.4 Å². The summed E-state index contributed by atoms with van der Waals surface area (Å²) in [5.74, 6) is 0.236. The number of nitro groups is 1.